The summed E-state index contributed by atoms with van der Waals surface area (Å²) in [6.07, 6.45) is -20.7. The molecule has 0 aromatic carbocycles. The number of hydrogen-bond donors (Lipinski definition) is 1. The van der Waals surface area contributed by atoms with Crippen LogP contribution < -0.4 is 0 Å². The zero-order chi connectivity index (χ0) is 12.7. The molecule has 11 heteroatoms. The lowest BCUT2D eigenvalue weighted by Gasteiger charge is -2.34. The molecule has 0 radical (unpaired) electrons. The van der Waals surface area contributed by atoms with Gasteiger partial charge in [-0.1, -0.05) is 0 Å². The average molecular weight is 252 g/mol. The van der Waals surface area contributed by atoms with Gasteiger partial charge in [-0.25, -0.2) is 4.89 Å². The van der Waals surface area contributed by atoms with Crippen LogP contribution >= 0.6 is 0 Å². The molecule has 0 atom stereocenters. The summed E-state index contributed by atoms with van der Waals surface area (Å²) in [5.41, 5.74) is -6.59. The summed E-state index contributed by atoms with van der Waals surface area (Å²) in [5.74, 6) is 0. The van der Waals surface area contributed by atoms with Crippen LogP contribution in [0.5, 0.6) is 0 Å². The minimum absolute atomic E-state index is 1.66. The number of hydrogen-bond acceptors (Lipinski definition) is 2. The summed E-state index contributed by atoms with van der Waals surface area (Å²) in [6.45, 7) is 0. The van der Waals surface area contributed by atoms with E-state index in [0.29, 0.717) is 0 Å². The highest BCUT2D eigenvalue weighted by atomic mass is 19.4. The minimum Gasteiger partial charge on any atom is -0.250 e. The van der Waals surface area contributed by atoms with Gasteiger partial charge in [0.25, 0.3) is 0 Å². The van der Waals surface area contributed by atoms with E-state index in [-0.39, 0.29) is 0 Å². The van der Waals surface area contributed by atoms with Crippen molar-refractivity contribution in [2.24, 2.45) is 0 Å². The van der Waals surface area contributed by atoms with Crippen LogP contribution in [-0.2, 0) is 4.89 Å². The van der Waals surface area contributed by atoms with E-state index in [2.05, 4.69) is 0 Å². The summed E-state index contributed by atoms with van der Waals surface area (Å²) in [6, 6.07) is 0. The Hall–Kier alpha value is -0.710. The maximum Gasteiger partial charge on any atom is 0.438 e. The normalized spacial score (nSPS) is 15.6. The lowest BCUT2D eigenvalue weighted by molar-refractivity contribution is -0.524. The second kappa shape index (κ2) is 3.40. The molecule has 0 aliphatic rings. The lowest BCUT2D eigenvalue weighted by Crippen LogP contribution is -2.67. The first-order valence-corrected chi connectivity index (χ1v) is 2.84. The molecule has 0 spiro atoms. The lowest BCUT2D eigenvalue weighted by atomic mass is 10.0. The van der Waals surface area contributed by atoms with Gasteiger partial charge in [0.1, 0.15) is 0 Å². The van der Waals surface area contributed by atoms with Gasteiger partial charge >= 0.3 is 24.1 Å². The summed E-state index contributed by atoms with van der Waals surface area (Å²) >= 11 is 0. The first-order chi connectivity index (χ1) is 6.31. The maximum absolute atomic E-state index is 11.6. The molecule has 0 rings (SSSR count). The van der Waals surface area contributed by atoms with Gasteiger partial charge < -0.3 is 0 Å². The maximum atomic E-state index is 11.6. The van der Waals surface area contributed by atoms with E-state index < -0.39 is 24.1 Å². The number of halogens is 9. The van der Waals surface area contributed by atoms with E-state index in [4.69, 9.17) is 5.26 Å². The number of alkyl halides is 9. The quantitative estimate of drug-likeness (QED) is 0.441. The predicted molar refractivity (Wildman–Crippen MR) is 24.6 cm³/mol. The predicted octanol–water partition coefficient (Wildman–Crippen LogP) is 2.90. The van der Waals surface area contributed by atoms with E-state index >= 15 is 0 Å². The summed E-state index contributed by atoms with van der Waals surface area (Å²) in [7, 11) is 0. The third kappa shape index (κ3) is 1.97. The van der Waals surface area contributed by atoms with Gasteiger partial charge in [0.2, 0.25) is 0 Å². The second-order valence-electron chi connectivity index (χ2n) is 2.27. The van der Waals surface area contributed by atoms with Crippen molar-refractivity contribution >= 4 is 0 Å². The van der Waals surface area contributed by atoms with Gasteiger partial charge in [-0.15, -0.1) is 0 Å². The Morgan fingerprint density at radius 2 is 0.800 bits per heavy atom. The van der Waals surface area contributed by atoms with Crippen molar-refractivity contribution in [3.8, 4) is 0 Å². The smallest absolute Gasteiger partial charge is 0.250 e. The van der Waals surface area contributed by atoms with Gasteiger partial charge in [-0.2, -0.15) is 39.5 Å². The molecule has 0 saturated heterocycles. The van der Waals surface area contributed by atoms with Crippen molar-refractivity contribution in [2.75, 3.05) is 0 Å². The van der Waals surface area contributed by atoms with Crippen LogP contribution in [0.15, 0.2) is 0 Å². The Morgan fingerprint density at radius 3 is 0.800 bits per heavy atom. The summed E-state index contributed by atoms with van der Waals surface area (Å²) in [4.78, 5) is 1.66. The Labute approximate surface area is 75.2 Å². The fourth-order valence-corrected chi connectivity index (χ4v) is 0.637. The van der Waals surface area contributed by atoms with Crippen LogP contribution in [0.1, 0.15) is 0 Å². The van der Waals surface area contributed by atoms with E-state index in [1.807, 2.05) is 0 Å². The standard InChI is InChI=1S/C4HF9O2/c5-2(6,7)1(15-14,3(8,9)10)4(11,12)13/h14H. The highest BCUT2D eigenvalue weighted by Crippen LogP contribution is 2.54. The summed E-state index contributed by atoms with van der Waals surface area (Å²) < 4.78 is 105. The van der Waals surface area contributed by atoms with Crippen LogP contribution in [0.25, 0.3) is 0 Å². The second-order valence-corrected chi connectivity index (χ2v) is 2.27. The SMILES string of the molecule is OOC(C(F)(F)F)(C(F)(F)F)C(F)(F)F. The van der Waals surface area contributed by atoms with Crippen LogP contribution in [0.2, 0.25) is 0 Å². The molecule has 0 aliphatic carbocycles. The minimum atomic E-state index is -6.89. The van der Waals surface area contributed by atoms with Crippen LogP contribution in [0.3, 0.4) is 0 Å². The Balaban J connectivity index is 5.78. The van der Waals surface area contributed by atoms with Crippen LogP contribution in [-0.4, -0.2) is 29.4 Å². The first kappa shape index (κ1) is 14.3. The van der Waals surface area contributed by atoms with E-state index in [0.717, 1.165) is 0 Å². The van der Waals surface area contributed by atoms with Gasteiger partial charge in [-0.05, 0) is 0 Å². The molecule has 15 heavy (non-hydrogen) atoms. The zero-order valence-electron chi connectivity index (χ0n) is 6.26. The van der Waals surface area contributed by atoms with Crippen molar-refractivity contribution < 1.29 is 49.7 Å². The van der Waals surface area contributed by atoms with Crippen LogP contribution in [0, 0.1) is 0 Å². The molecule has 2 nitrogen and oxygen atoms in total. The molecule has 92 valence electrons. The summed E-state index contributed by atoms with van der Waals surface area (Å²) in [5, 5.41) is 7.32. The van der Waals surface area contributed by atoms with Crippen molar-refractivity contribution in [1.29, 1.82) is 0 Å². The molecule has 0 unspecified atom stereocenters. The molecular weight excluding hydrogens is 251 g/mol. The fourth-order valence-electron chi connectivity index (χ4n) is 0.637. The fraction of sp³-hybridized carbons (Fsp3) is 1.00. The Bertz CT molecular complexity index is 186. The van der Waals surface area contributed by atoms with Gasteiger partial charge in [0.05, 0.1) is 0 Å². The van der Waals surface area contributed by atoms with Gasteiger partial charge in [0, 0.05) is 0 Å². The van der Waals surface area contributed by atoms with Gasteiger partial charge in [-0.3, -0.25) is 5.26 Å². The third-order valence-corrected chi connectivity index (χ3v) is 1.33. The molecule has 0 amide bonds. The zero-order valence-corrected chi connectivity index (χ0v) is 6.26. The monoisotopic (exact) mass is 252 g/mol. The molecule has 0 heterocycles. The largest absolute Gasteiger partial charge is 0.438 e. The van der Waals surface area contributed by atoms with E-state index in [1.54, 1.807) is 4.89 Å². The highest BCUT2D eigenvalue weighted by Gasteiger charge is 2.86. The average Bonchev–Trinajstić information content (AvgIpc) is 1.76. The van der Waals surface area contributed by atoms with Crippen LogP contribution in [0.4, 0.5) is 39.5 Å². The van der Waals surface area contributed by atoms with E-state index in [9.17, 15) is 39.5 Å². The molecule has 0 aromatic rings. The third-order valence-electron chi connectivity index (χ3n) is 1.33. The Kier molecular flexibility index (Phi) is 3.24. The molecule has 0 bridgehead atoms. The van der Waals surface area contributed by atoms with Crippen molar-refractivity contribution in [3.63, 3.8) is 0 Å². The molecule has 0 aliphatic heterocycles. The van der Waals surface area contributed by atoms with Crippen molar-refractivity contribution in [3.05, 3.63) is 0 Å². The first-order valence-electron chi connectivity index (χ1n) is 2.84. The van der Waals surface area contributed by atoms with E-state index in [1.165, 1.54) is 0 Å². The van der Waals surface area contributed by atoms with Crippen molar-refractivity contribution in [1.82, 2.24) is 0 Å². The molecule has 1 N–H and O–H groups in total. The number of rotatable bonds is 1. The molecular formula is C4HF9O2. The highest BCUT2D eigenvalue weighted by molar-refractivity contribution is 5.01. The topological polar surface area (TPSA) is 29.5 Å². The van der Waals surface area contributed by atoms with Gasteiger partial charge in [0.15, 0.2) is 0 Å². The molecule has 0 aromatic heterocycles. The molecule has 0 saturated carbocycles. The molecule has 0 fully saturated rings. The van der Waals surface area contributed by atoms with Crippen molar-refractivity contribution in [2.45, 2.75) is 24.1 Å². The Morgan fingerprint density at radius 1 is 0.600 bits per heavy atom.